The summed E-state index contributed by atoms with van der Waals surface area (Å²) in [6.07, 6.45) is 0.732. The van der Waals surface area contributed by atoms with Crippen LogP contribution in [0, 0.1) is 6.92 Å². The Morgan fingerprint density at radius 2 is 2.15 bits per heavy atom. The molecule has 2 heterocycles. The Bertz CT molecular complexity index is 654. The van der Waals surface area contributed by atoms with Crippen LogP contribution < -0.4 is 0 Å². The molecular weight excluding hydrogens is 274 g/mol. The Hall–Kier alpha value is -1.82. The van der Waals surface area contributed by atoms with Crippen molar-refractivity contribution >= 4 is 17.7 Å². The van der Waals surface area contributed by atoms with Crippen LogP contribution in [0.15, 0.2) is 29.4 Å². The number of esters is 1. The normalized spacial score (nSPS) is 18.3. The Morgan fingerprint density at radius 3 is 2.85 bits per heavy atom. The third-order valence-corrected chi connectivity index (χ3v) is 4.63. The molecule has 104 valence electrons. The Kier molecular flexibility index (Phi) is 3.48. The van der Waals surface area contributed by atoms with Gasteiger partial charge in [0.25, 0.3) is 0 Å². The van der Waals surface area contributed by atoms with E-state index in [-0.39, 0.29) is 11.2 Å². The fraction of sp³-hybridized carbons (Fsp3) is 0.357. The highest BCUT2D eigenvalue weighted by atomic mass is 32.2. The minimum atomic E-state index is -0.164. The molecule has 1 aliphatic rings. The van der Waals surface area contributed by atoms with E-state index < -0.39 is 0 Å². The summed E-state index contributed by atoms with van der Waals surface area (Å²) in [5.74, 6) is 0.660. The molecule has 1 fully saturated rings. The second kappa shape index (κ2) is 5.28. The van der Waals surface area contributed by atoms with Crippen LogP contribution in [0.1, 0.15) is 12.0 Å². The monoisotopic (exact) mass is 289 g/mol. The number of benzene rings is 1. The molecule has 5 nitrogen and oxygen atoms in total. The first-order valence-corrected chi connectivity index (χ1v) is 7.33. The Balaban J connectivity index is 1.89. The number of rotatable bonds is 3. The van der Waals surface area contributed by atoms with E-state index in [2.05, 4.69) is 10.2 Å². The average molecular weight is 289 g/mol. The van der Waals surface area contributed by atoms with Crippen molar-refractivity contribution in [3.8, 4) is 11.4 Å². The summed E-state index contributed by atoms with van der Waals surface area (Å²) in [5.41, 5.74) is 2.21. The minimum absolute atomic E-state index is 0.157. The molecule has 0 spiro atoms. The van der Waals surface area contributed by atoms with Crippen molar-refractivity contribution in [1.82, 2.24) is 14.8 Å². The van der Waals surface area contributed by atoms with Crippen molar-refractivity contribution in [1.29, 1.82) is 0 Å². The smallest absolute Gasteiger partial charge is 0.319 e. The number of nitrogens with zero attached hydrogens (tertiary/aromatic N) is 3. The highest BCUT2D eigenvalue weighted by Gasteiger charge is 2.29. The van der Waals surface area contributed by atoms with Crippen molar-refractivity contribution in [2.75, 3.05) is 6.61 Å². The number of cyclic esters (lactones) is 1. The van der Waals surface area contributed by atoms with Crippen molar-refractivity contribution in [3.63, 3.8) is 0 Å². The van der Waals surface area contributed by atoms with Crippen LogP contribution in [0.2, 0.25) is 0 Å². The summed E-state index contributed by atoms with van der Waals surface area (Å²) in [7, 11) is 1.92. The molecular formula is C14H15N3O2S. The lowest BCUT2D eigenvalue weighted by atomic mass is 10.1. The van der Waals surface area contributed by atoms with Crippen LogP contribution in [-0.2, 0) is 16.6 Å². The Labute approximate surface area is 121 Å². The standard InChI is InChI=1S/C14H15N3O2S/c1-9-5-3-4-6-10(9)12-15-16-14(17(12)2)20-11-7-8-19-13(11)18/h3-6,11H,7-8H2,1-2H3. The summed E-state index contributed by atoms with van der Waals surface area (Å²) in [4.78, 5) is 11.5. The molecule has 0 N–H and O–H groups in total. The fourth-order valence-electron chi connectivity index (χ4n) is 2.19. The van der Waals surface area contributed by atoms with E-state index in [9.17, 15) is 4.79 Å². The lowest BCUT2D eigenvalue weighted by Crippen LogP contribution is -2.10. The molecule has 0 saturated carbocycles. The average Bonchev–Trinajstić information content (AvgIpc) is 2.99. The van der Waals surface area contributed by atoms with Gasteiger partial charge < -0.3 is 9.30 Å². The first kappa shape index (κ1) is 13.2. The van der Waals surface area contributed by atoms with E-state index in [0.29, 0.717) is 6.61 Å². The number of hydrogen-bond donors (Lipinski definition) is 0. The van der Waals surface area contributed by atoms with E-state index in [1.165, 1.54) is 11.8 Å². The van der Waals surface area contributed by atoms with Gasteiger partial charge >= 0.3 is 5.97 Å². The number of thioether (sulfide) groups is 1. The van der Waals surface area contributed by atoms with Crippen molar-refractivity contribution in [3.05, 3.63) is 29.8 Å². The summed E-state index contributed by atoms with van der Waals surface area (Å²) in [6, 6.07) is 8.06. The summed E-state index contributed by atoms with van der Waals surface area (Å²) in [6.45, 7) is 2.55. The number of ether oxygens (including phenoxy) is 1. The van der Waals surface area contributed by atoms with Gasteiger partial charge in [0.05, 0.1) is 6.61 Å². The Morgan fingerprint density at radius 1 is 1.35 bits per heavy atom. The summed E-state index contributed by atoms with van der Waals surface area (Å²) < 4.78 is 6.90. The second-order valence-corrected chi connectivity index (χ2v) is 5.91. The number of aromatic nitrogens is 3. The van der Waals surface area contributed by atoms with Gasteiger partial charge in [0.2, 0.25) is 0 Å². The summed E-state index contributed by atoms with van der Waals surface area (Å²) in [5, 5.41) is 9.03. The van der Waals surface area contributed by atoms with Gasteiger partial charge in [-0.1, -0.05) is 36.0 Å². The molecule has 1 saturated heterocycles. The molecule has 1 atom stereocenters. The quantitative estimate of drug-likeness (QED) is 0.811. The topological polar surface area (TPSA) is 57.0 Å². The molecule has 20 heavy (non-hydrogen) atoms. The molecule has 2 aromatic rings. The van der Waals surface area contributed by atoms with Crippen LogP contribution in [-0.4, -0.2) is 32.6 Å². The van der Waals surface area contributed by atoms with Gasteiger partial charge in [-0.2, -0.15) is 0 Å². The largest absolute Gasteiger partial charge is 0.465 e. The number of carbonyl (C=O) groups is 1. The number of hydrogen-bond acceptors (Lipinski definition) is 5. The third-order valence-electron chi connectivity index (χ3n) is 3.36. The maximum atomic E-state index is 11.5. The zero-order chi connectivity index (χ0) is 14.1. The van der Waals surface area contributed by atoms with Crippen molar-refractivity contribution in [2.45, 2.75) is 23.8 Å². The van der Waals surface area contributed by atoms with Crippen molar-refractivity contribution < 1.29 is 9.53 Å². The lowest BCUT2D eigenvalue weighted by Gasteiger charge is -2.07. The third kappa shape index (κ3) is 2.31. The lowest BCUT2D eigenvalue weighted by molar-refractivity contribution is -0.137. The van der Waals surface area contributed by atoms with Crippen LogP contribution in [0.3, 0.4) is 0 Å². The van der Waals surface area contributed by atoms with E-state index in [0.717, 1.165) is 28.5 Å². The first-order chi connectivity index (χ1) is 9.66. The van der Waals surface area contributed by atoms with Gasteiger partial charge in [0.15, 0.2) is 11.0 Å². The molecule has 0 radical (unpaired) electrons. The van der Waals surface area contributed by atoms with Crippen molar-refractivity contribution in [2.24, 2.45) is 7.05 Å². The van der Waals surface area contributed by atoms with Crippen LogP contribution in [0.25, 0.3) is 11.4 Å². The molecule has 0 bridgehead atoms. The van der Waals surface area contributed by atoms with Gasteiger partial charge in [-0.15, -0.1) is 10.2 Å². The molecule has 1 aromatic heterocycles. The van der Waals surface area contributed by atoms with E-state index >= 15 is 0 Å². The molecule has 6 heteroatoms. The predicted molar refractivity (Wildman–Crippen MR) is 76.4 cm³/mol. The molecule has 0 amide bonds. The highest BCUT2D eigenvalue weighted by Crippen LogP contribution is 2.30. The fourth-order valence-corrected chi connectivity index (χ4v) is 3.15. The maximum Gasteiger partial charge on any atom is 0.319 e. The predicted octanol–water partition coefficient (Wildman–Crippen LogP) is 2.20. The van der Waals surface area contributed by atoms with Gasteiger partial charge in [-0.3, -0.25) is 4.79 Å². The number of aryl methyl sites for hydroxylation is 1. The number of carbonyl (C=O) groups excluding carboxylic acids is 1. The second-order valence-electron chi connectivity index (χ2n) is 4.74. The van der Waals surface area contributed by atoms with Crippen LogP contribution in [0.5, 0.6) is 0 Å². The van der Waals surface area contributed by atoms with E-state index in [1.54, 1.807) is 0 Å². The molecule has 0 aliphatic carbocycles. The van der Waals surface area contributed by atoms with Gasteiger partial charge in [0, 0.05) is 19.0 Å². The first-order valence-electron chi connectivity index (χ1n) is 6.45. The highest BCUT2D eigenvalue weighted by molar-refractivity contribution is 8.00. The molecule has 1 unspecified atom stereocenters. The molecule has 1 aromatic carbocycles. The molecule has 1 aliphatic heterocycles. The van der Waals surface area contributed by atoms with E-state index in [1.807, 2.05) is 42.8 Å². The van der Waals surface area contributed by atoms with Crippen LogP contribution in [0.4, 0.5) is 0 Å². The maximum absolute atomic E-state index is 11.5. The zero-order valence-electron chi connectivity index (χ0n) is 11.4. The molecule has 3 rings (SSSR count). The minimum Gasteiger partial charge on any atom is -0.465 e. The van der Waals surface area contributed by atoms with Crippen LogP contribution >= 0.6 is 11.8 Å². The SMILES string of the molecule is Cc1ccccc1-c1nnc(SC2CCOC2=O)n1C. The van der Waals surface area contributed by atoms with Gasteiger partial charge in [0.1, 0.15) is 5.25 Å². The van der Waals surface area contributed by atoms with Gasteiger partial charge in [-0.25, -0.2) is 0 Å². The van der Waals surface area contributed by atoms with Gasteiger partial charge in [-0.05, 0) is 12.5 Å². The summed E-state index contributed by atoms with van der Waals surface area (Å²) >= 11 is 1.42. The van der Waals surface area contributed by atoms with E-state index in [4.69, 9.17) is 4.74 Å². The zero-order valence-corrected chi connectivity index (χ0v) is 12.2.